The lowest BCUT2D eigenvalue weighted by Crippen LogP contribution is -2.01. The molecule has 7 heteroatoms. The molecule has 0 bridgehead atoms. The van der Waals surface area contributed by atoms with Crippen LogP contribution in [0.25, 0.3) is 11.3 Å². The zero-order chi connectivity index (χ0) is 17.6. The maximum atomic E-state index is 14.2. The van der Waals surface area contributed by atoms with Crippen molar-refractivity contribution in [3.8, 4) is 17.0 Å². The molecule has 4 nitrogen and oxygen atoms in total. The molecule has 1 N–H and O–H groups in total. The van der Waals surface area contributed by atoms with Crippen molar-refractivity contribution in [2.24, 2.45) is 5.10 Å². The number of benzene rings is 2. The summed E-state index contributed by atoms with van der Waals surface area (Å²) in [5, 5.41) is 6.28. The van der Waals surface area contributed by atoms with Crippen LogP contribution < -0.4 is 10.2 Å². The van der Waals surface area contributed by atoms with Gasteiger partial charge in [-0.1, -0.05) is 30.3 Å². The first kappa shape index (κ1) is 17.0. The van der Waals surface area contributed by atoms with Crippen molar-refractivity contribution in [2.45, 2.75) is 6.92 Å². The first-order valence-corrected chi connectivity index (χ1v) is 8.48. The molecule has 0 fully saturated rings. The SMILES string of the molecule is CCOc1ccc(F)c(C=NNc2nc(-c3ccccc3)cs2)c1F. The summed E-state index contributed by atoms with van der Waals surface area (Å²) in [7, 11) is 0. The predicted octanol–water partition coefficient (Wildman–Crippen LogP) is 4.93. The van der Waals surface area contributed by atoms with E-state index in [1.165, 1.54) is 17.4 Å². The van der Waals surface area contributed by atoms with E-state index in [1.807, 2.05) is 35.7 Å². The quantitative estimate of drug-likeness (QED) is 0.501. The van der Waals surface area contributed by atoms with E-state index < -0.39 is 11.6 Å². The molecule has 0 unspecified atom stereocenters. The van der Waals surface area contributed by atoms with Crippen LogP contribution in [0.5, 0.6) is 5.75 Å². The van der Waals surface area contributed by atoms with E-state index in [2.05, 4.69) is 15.5 Å². The Labute approximate surface area is 147 Å². The van der Waals surface area contributed by atoms with Gasteiger partial charge in [-0.3, -0.25) is 5.43 Å². The van der Waals surface area contributed by atoms with Crippen molar-refractivity contribution in [2.75, 3.05) is 12.0 Å². The number of hydrazone groups is 1. The average molecular weight is 359 g/mol. The minimum Gasteiger partial charge on any atom is -0.491 e. The molecule has 1 heterocycles. The van der Waals surface area contributed by atoms with E-state index in [-0.39, 0.29) is 11.3 Å². The molecule has 3 rings (SSSR count). The van der Waals surface area contributed by atoms with Crippen LogP contribution >= 0.6 is 11.3 Å². The van der Waals surface area contributed by atoms with Crippen molar-refractivity contribution in [1.82, 2.24) is 4.98 Å². The van der Waals surface area contributed by atoms with Gasteiger partial charge in [0.05, 0.1) is 24.1 Å². The molecule has 128 valence electrons. The van der Waals surface area contributed by atoms with E-state index in [0.717, 1.165) is 23.5 Å². The van der Waals surface area contributed by atoms with E-state index >= 15 is 0 Å². The zero-order valence-corrected chi connectivity index (χ0v) is 14.2. The van der Waals surface area contributed by atoms with Gasteiger partial charge in [-0.2, -0.15) is 5.10 Å². The molecule has 0 saturated heterocycles. The highest BCUT2D eigenvalue weighted by Crippen LogP contribution is 2.25. The number of aromatic nitrogens is 1. The predicted molar refractivity (Wildman–Crippen MR) is 96.3 cm³/mol. The molecule has 0 atom stereocenters. The lowest BCUT2D eigenvalue weighted by molar-refractivity contribution is 0.320. The van der Waals surface area contributed by atoms with Gasteiger partial charge in [0.15, 0.2) is 11.6 Å². The Morgan fingerprint density at radius 3 is 2.76 bits per heavy atom. The Balaban J connectivity index is 1.74. The molecule has 1 aromatic heterocycles. The minimum absolute atomic E-state index is 0.00837. The molecule has 0 aliphatic carbocycles. The zero-order valence-electron chi connectivity index (χ0n) is 13.4. The summed E-state index contributed by atoms with van der Waals surface area (Å²) >= 11 is 1.35. The van der Waals surface area contributed by atoms with Crippen molar-refractivity contribution in [3.63, 3.8) is 0 Å². The molecule has 0 aliphatic rings. The topological polar surface area (TPSA) is 46.5 Å². The second-order valence-corrected chi connectivity index (χ2v) is 5.84. The number of anilines is 1. The first-order valence-electron chi connectivity index (χ1n) is 7.60. The monoisotopic (exact) mass is 359 g/mol. The first-order chi connectivity index (χ1) is 12.2. The van der Waals surface area contributed by atoms with Gasteiger partial charge < -0.3 is 4.74 Å². The molecule has 0 aliphatic heterocycles. The van der Waals surface area contributed by atoms with Gasteiger partial charge in [-0.05, 0) is 19.1 Å². The van der Waals surface area contributed by atoms with Crippen molar-refractivity contribution in [1.29, 1.82) is 0 Å². The fourth-order valence-corrected chi connectivity index (χ4v) is 2.82. The summed E-state index contributed by atoms with van der Waals surface area (Å²) in [6.07, 6.45) is 1.08. The van der Waals surface area contributed by atoms with Crippen LogP contribution in [0.3, 0.4) is 0 Å². The maximum absolute atomic E-state index is 14.2. The summed E-state index contributed by atoms with van der Waals surface area (Å²) in [5.74, 6) is -1.50. The molecule has 0 amide bonds. The lowest BCUT2D eigenvalue weighted by Gasteiger charge is -2.06. The number of hydrogen-bond donors (Lipinski definition) is 1. The molecule has 0 radical (unpaired) electrons. The fourth-order valence-electron chi connectivity index (χ4n) is 2.15. The number of ether oxygens (including phenoxy) is 1. The number of rotatable bonds is 6. The molecule has 0 saturated carbocycles. The van der Waals surface area contributed by atoms with E-state index in [4.69, 9.17) is 4.74 Å². The summed E-state index contributed by atoms with van der Waals surface area (Å²) < 4.78 is 33.1. The van der Waals surface area contributed by atoms with Gasteiger partial charge in [-0.25, -0.2) is 13.8 Å². The van der Waals surface area contributed by atoms with E-state index in [9.17, 15) is 8.78 Å². The number of hydrogen-bond acceptors (Lipinski definition) is 5. The van der Waals surface area contributed by atoms with Gasteiger partial charge in [0, 0.05) is 10.9 Å². The number of nitrogens with zero attached hydrogens (tertiary/aromatic N) is 2. The normalized spacial score (nSPS) is 11.0. The second kappa shape index (κ2) is 7.85. The van der Waals surface area contributed by atoms with Gasteiger partial charge in [-0.15, -0.1) is 11.3 Å². The van der Waals surface area contributed by atoms with Crippen LogP contribution in [0.2, 0.25) is 0 Å². The fraction of sp³-hybridized carbons (Fsp3) is 0.111. The van der Waals surface area contributed by atoms with Gasteiger partial charge in [0.2, 0.25) is 5.13 Å². The van der Waals surface area contributed by atoms with Crippen LogP contribution in [0.4, 0.5) is 13.9 Å². The highest BCUT2D eigenvalue weighted by molar-refractivity contribution is 7.14. The van der Waals surface area contributed by atoms with Crippen LogP contribution in [0.15, 0.2) is 52.9 Å². The molecule has 0 spiro atoms. The van der Waals surface area contributed by atoms with Gasteiger partial charge >= 0.3 is 0 Å². The third-order valence-corrected chi connectivity index (χ3v) is 4.07. The standard InChI is InChI=1S/C18H15F2N3OS/c1-2-24-16-9-8-14(19)13(17(16)20)10-21-23-18-22-15(11-25-18)12-6-4-3-5-7-12/h3-11H,2H2,1H3,(H,22,23). The largest absolute Gasteiger partial charge is 0.491 e. The Morgan fingerprint density at radius 2 is 2.00 bits per heavy atom. The average Bonchev–Trinajstić information content (AvgIpc) is 3.10. The lowest BCUT2D eigenvalue weighted by atomic mass is 10.2. The van der Waals surface area contributed by atoms with Gasteiger partial charge in [0.25, 0.3) is 0 Å². The van der Waals surface area contributed by atoms with Crippen molar-refractivity contribution in [3.05, 3.63) is 65.0 Å². The second-order valence-electron chi connectivity index (χ2n) is 4.98. The maximum Gasteiger partial charge on any atom is 0.203 e. The highest BCUT2D eigenvalue weighted by atomic mass is 32.1. The van der Waals surface area contributed by atoms with Crippen LogP contribution in [-0.2, 0) is 0 Å². The molecule has 3 aromatic rings. The molecular formula is C18H15F2N3OS. The summed E-state index contributed by atoms with van der Waals surface area (Å²) in [5.41, 5.74) is 4.21. The highest BCUT2D eigenvalue weighted by Gasteiger charge is 2.13. The summed E-state index contributed by atoms with van der Waals surface area (Å²) in [6, 6.07) is 12.1. The minimum atomic E-state index is -0.781. The third kappa shape index (κ3) is 4.00. The Morgan fingerprint density at radius 1 is 1.20 bits per heavy atom. The smallest absolute Gasteiger partial charge is 0.203 e. The molecule has 2 aromatic carbocycles. The van der Waals surface area contributed by atoms with Crippen LogP contribution in [0, 0.1) is 11.6 Å². The number of nitrogens with one attached hydrogen (secondary N) is 1. The van der Waals surface area contributed by atoms with Crippen molar-refractivity contribution < 1.29 is 13.5 Å². The molecule has 25 heavy (non-hydrogen) atoms. The molecular weight excluding hydrogens is 344 g/mol. The summed E-state index contributed by atoms with van der Waals surface area (Å²) in [6.45, 7) is 2.02. The van der Waals surface area contributed by atoms with Gasteiger partial charge in [0.1, 0.15) is 5.82 Å². The third-order valence-electron chi connectivity index (χ3n) is 3.32. The van der Waals surface area contributed by atoms with Crippen LogP contribution in [0.1, 0.15) is 12.5 Å². The summed E-state index contributed by atoms with van der Waals surface area (Å²) in [4.78, 5) is 4.38. The Kier molecular flexibility index (Phi) is 5.35. The number of halogens is 2. The van der Waals surface area contributed by atoms with E-state index in [1.54, 1.807) is 6.92 Å². The number of thiazole rings is 1. The Bertz CT molecular complexity index is 881. The Hall–Kier alpha value is -2.80. The van der Waals surface area contributed by atoms with Crippen molar-refractivity contribution >= 4 is 22.7 Å². The van der Waals surface area contributed by atoms with Crippen LogP contribution in [-0.4, -0.2) is 17.8 Å². The van der Waals surface area contributed by atoms with E-state index in [0.29, 0.717) is 11.7 Å².